The Balaban J connectivity index is 2.02. The van der Waals surface area contributed by atoms with E-state index in [4.69, 9.17) is 4.74 Å². The summed E-state index contributed by atoms with van der Waals surface area (Å²) in [7, 11) is 0. The minimum Gasteiger partial charge on any atom is -0.494 e. The molecule has 1 aliphatic heterocycles. The Morgan fingerprint density at radius 2 is 2.29 bits per heavy atom. The lowest BCUT2D eigenvalue weighted by Crippen LogP contribution is -2.54. The van der Waals surface area contributed by atoms with Crippen LogP contribution >= 0.6 is 0 Å². The number of rotatable bonds is 5. The van der Waals surface area contributed by atoms with Crippen LogP contribution < -0.4 is 15.4 Å². The second kappa shape index (κ2) is 6.94. The van der Waals surface area contributed by atoms with E-state index in [1.54, 1.807) is 0 Å². The Morgan fingerprint density at radius 3 is 3.00 bits per heavy atom. The van der Waals surface area contributed by atoms with E-state index in [2.05, 4.69) is 31.4 Å². The fourth-order valence-electron chi connectivity index (χ4n) is 2.63. The molecule has 4 heteroatoms. The minimum atomic E-state index is -0.0167. The SMILES string of the molecule is CCCOc1cccc(C(=O)NC2CCNCC2(C)C)c1. The average Bonchev–Trinajstić information content (AvgIpc) is 2.47. The molecule has 4 nitrogen and oxygen atoms in total. The molecule has 1 atom stereocenters. The van der Waals surface area contributed by atoms with Gasteiger partial charge in [-0.15, -0.1) is 0 Å². The van der Waals surface area contributed by atoms with Gasteiger partial charge in [0, 0.05) is 18.2 Å². The Morgan fingerprint density at radius 1 is 1.48 bits per heavy atom. The number of hydrogen-bond acceptors (Lipinski definition) is 3. The zero-order chi connectivity index (χ0) is 15.3. The summed E-state index contributed by atoms with van der Waals surface area (Å²) in [5.74, 6) is 0.742. The number of ether oxygens (including phenoxy) is 1. The number of piperidine rings is 1. The quantitative estimate of drug-likeness (QED) is 0.876. The third-order valence-corrected chi connectivity index (χ3v) is 4.01. The maximum atomic E-state index is 12.4. The Bertz CT molecular complexity index is 485. The summed E-state index contributed by atoms with van der Waals surface area (Å²) in [6, 6.07) is 7.61. The first-order chi connectivity index (χ1) is 10.0. The molecule has 0 bridgehead atoms. The Kier molecular flexibility index (Phi) is 5.23. The van der Waals surface area contributed by atoms with E-state index in [1.165, 1.54) is 0 Å². The fraction of sp³-hybridized carbons (Fsp3) is 0.588. The number of amides is 1. The molecule has 1 aromatic carbocycles. The van der Waals surface area contributed by atoms with Crippen molar-refractivity contribution >= 4 is 5.91 Å². The summed E-state index contributed by atoms with van der Waals surface area (Å²) in [4.78, 5) is 12.4. The van der Waals surface area contributed by atoms with Crippen LogP contribution in [0.4, 0.5) is 0 Å². The normalized spacial score (nSPS) is 20.8. The number of carbonyl (C=O) groups is 1. The summed E-state index contributed by atoms with van der Waals surface area (Å²) < 4.78 is 5.59. The molecule has 21 heavy (non-hydrogen) atoms. The van der Waals surface area contributed by atoms with Gasteiger partial charge in [-0.1, -0.05) is 26.8 Å². The van der Waals surface area contributed by atoms with E-state index in [1.807, 2.05) is 24.3 Å². The molecule has 2 rings (SSSR count). The highest BCUT2D eigenvalue weighted by atomic mass is 16.5. The van der Waals surface area contributed by atoms with E-state index in [0.29, 0.717) is 12.2 Å². The molecular formula is C17H26N2O2. The van der Waals surface area contributed by atoms with E-state index in [9.17, 15) is 4.79 Å². The van der Waals surface area contributed by atoms with Gasteiger partial charge in [0.15, 0.2) is 0 Å². The van der Waals surface area contributed by atoms with Crippen molar-refractivity contribution in [3.63, 3.8) is 0 Å². The minimum absolute atomic E-state index is 0.0167. The predicted octanol–water partition coefficient (Wildman–Crippen LogP) is 2.59. The summed E-state index contributed by atoms with van der Waals surface area (Å²) in [6.07, 6.45) is 1.92. The van der Waals surface area contributed by atoms with E-state index in [-0.39, 0.29) is 17.4 Å². The van der Waals surface area contributed by atoms with Crippen molar-refractivity contribution in [1.82, 2.24) is 10.6 Å². The lowest BCUT2D eigenvalue weighted by molar-refractivity contribution is 0.0868. The molecule has 2 N–H and O–H groups in total. The second-order valence-electron chi connectivity index (χ2n) is 6.36. The summed E-state index contributed by atoms with van der Waals surface area (Å²) in [6.45, 7) is 8.99. The summed E-state index contributed by atoms with van der Waals surface area (Å²) in [5, 5.41) is 6.55. The van der Waals surface area contributed by atoms with Gasteiger partial charge in [0.05, 0.1) is 6.61 Å². The second-order valence-corrected chi connectivity index (χ2v) is 6.36. The largest absolute Gasteiger partial charge is 0.494 e. The van der Waals surface area contributed by atoms with Gasteiger partial charge >= 0.3 is 0 Å². The van der Waals surface area contributed by atoms with E-state index >= 15 is 0 Å². The van der Waals surface area contributed by atoms with Crippen molar-refractivity contribution in [1.29, 1.82) is 0 Å². The van der Waals surface area contributed by atoms with Gasteiger partial charge in [-0.05, 0) is 43.0 Å². The molecular weight excluding hydrogens is 264 g/mol. The highest BCUT2D eigenvalue weighted by molar-refractivity contribution is 5.94. The fourth-order valence-corrected chi connectivity index (χ4v) is 2.63. The average molecular weight is 290 g/mol. The molecule has 1 fully saturated rings. The molecule has 1 saturated heterocycles. The molecule has 1 unspecified atom stereocenters. The topological polar surface area (TPSA) is 50.4 Å². The number of benzene rings is 1. The predicted molar refractivity (Wildman–Crippen MR) is 84.7 cm³/mol. The van der Waals surface area contributed by atoms with Crippen LogP contribution in [0.25, 0.3) is 0 Å². The van der Waals surface area contributed by atoms with E-state index in [0.717, 1.165) is 31.7 Å². The molecule has 1 heterocycles. The van der Waals surface area contributed by atoms with Crippen LogP contribution in [-0.2, 0) is 0 Å². The molecule has 0 spiro atoms. The van der Waals surface area contributed by atoms with Gasteiger partial charge < -0.3 is 15.4 Å². The highest BCUT2D eigenvalue weighted by Crippen LogP contribution is 2.25. The first kappa shape index (κ1) is 15.8. The van der Waals surface area contributed by atoms with Gasteiger partial charge in [-0.2, -0.15) is 0 Å². The zero-order valence-corrected chi connectivity index (χ0v) is 13.2. The highest BCUT2D eigenvalue weighted by Gasteiger charge is 2.33. The third-order valence-electron chi connectivity index (χ3n) is 4.01. The molecule has 0 aromatic heterocycles. The van der Waals surface area contributed by atoms with Crippen molar-refractivity contribution in [2.45, 2.75) is 39.7 Å². The first-order valence-corrected chi connectivity index (χ1v) is 7.77. The number of carbonyl (C=O) groups excluding carboxylic acids is 1. The van der Waals surface area contributed by atoms with Crippen LogP contribution in [0.5, 0.6) is 5.75 Å². The van der Waals surface area contributed by atoms with Crippen molar-refractivity contribution in [3.05, 3.63) is 29.8 Å². The molecule has 0 radical (unpaired) electrons. The molecule has 1 aliphatic rings. The van der Waals surface area contributed by atoms with Crippen molar-refractivity contribution in [2.24, 2.45) is 5.41 Å². The van der Waals surface area contributed by atoms with Crippen molar-refractivity contribution < 1.29 is 9.53 Å². The Labute approximate surface area is 127 Å². The van der Waals surface area contributed by atoms with E-state index < -0.39 is 0 Å². The smallest absolute Gasteiger partial charge is 0.251 e. The van der Waals surface area contributed by atoms with Crippen molar-refractivity contribution in [3.8, 4) is 5.75 Å². The van der Waals surface area contributed by atoms with Crippen LogP contribution in [0.3, 0.4) is 0 Å². The maximum absolute atomic E-state index is 12.4. The molecule has 1 amide bonds. The lowest BCUT2D eigenvalue weighted by Gasteiger charge is -2.39. The standard InChI is InChI=1S/C17H26N2O2/c1-4-10-21-14-7-5-6-13(11-14)16(20)19-15-8-9-18-12-17(15,2)3/h5-7,11,15,18H,4,8-10,12H2,1-3H3,(H,19,20). The van der Waals surface area contributed by atoms with Crippen LogP contribution in [-0.4, -0.2) is 31.6 Å². The maximum Gasteiger partial charge on any atom is 0.251 e. The van der Waals surface area contributed by atoms with Gasteiger partial charge in [0.2, 0.25) is 0 Å². The van der Waals surface area contributed by atoms with Crippen LogP contribution in [0.15, 0.2) is 24.3 Å². The third kappa shape index (κ3) is 4.21. The molecule has 0 aliphatic carbocycles. The monoisotopic (exact) mass is 290 g/mol. The molecule has 0 saturated carbocycles. The first-order valence-electron chi connectivity index (χ1n) is 7.77. The number of nitrogens with one attached hydrogen (secondary N) is 2. The van der Waals surface area contributed by atoms with Gasteiger partial charge in [0.1, 0.15) is 5.75 Å². The zero-order valence-electron chi connectivity index (χ0n) is 13.2. The molecule has 116 valence electrons. The lowest BCUT2D eigenvalue weighted by atomic mass is 9.80. The number of hydrogen-bond donors (Lipinski definition) is 2. The van der Waals surface area contributed by atoms with Crippen molar-refractivity contribution in [2.75, 3.05) is 19.7 Å². The van der Waals surface area contributed by atoms with Gasteiger partial charge in [0.25, 0.3) is 5.91 Å². The summed E-state index contributed by atoms with van der Waals surface area (Å²) >= 11 is 0. The molecule has 1 aromatic rings. The van der Waals surface area contributed by atoms with Crippen LogP contribution in [0, 0.1) is 5.41 Å². The van der Waals surface area contributed by atoms with Crippen LogP contribution in [0.1, 0.15) is 44.0 Å². The van der Waals surface area contributed by atoms with Gasteiger partial charge in [-0.25, -0.2) is 0 Å². The van der Waals surface area contributed by atoms with Gasteiger partial charge in [-0.3, -0.25) is 4.79 Å². The Hall–Kier alpha value is -1.55. The van der Waals surface area contributed by atoms with Crippen LogP contribution in [0.2, 0.25) is 0 Å². The summed E-state index contributed by atoms with van der Waals surface area (Å²) in [5.41, 5.74) is 0.738.